The maximum Gasteiger partial charge on any atom is 0.311 e. The molecule has 0 bridgehead atoms. The minimum absolute atomic E-state index is 0.0335. The normalized spacial score (nSPS) is 18.2. The summed E-state index contributed by atoms with van der Waals surface area (Å²) < 4.78 is 5.74. The summed E-state index contributed by atoms with van der Waals surface area (Å²) in [6, 6.07) is 3.97. The first-order chi connectivity index (χ1) is 11.5. The van der Waals surface area contributed by atoms with Crippen LogP contribution in [-0.2, 0) is 16.6 Å². The molecule has 2 rings (SSSR count). The Hall–Kier alpha value is -1.55. The number of aliphatic hydroxyl groups is 1. The second kappa shape index (κ2) is 8.02. The van der Waals surface area contributed by atoms with E-state index in [1.54, 1.807) is 7.11 Å². The lowest BCUT2D eigenvalue weighted by atomic mass is 9.69. The van der Waals surface area contributed by atoms with Gasteiger partial charge in [-0.25, -0.2) is 0 Å². The Morgan fingerprint density at radius 3 is 2.46 bits per heavy atom. The quantitative estimate of drug-likeness (QED) is 0.790. The molecule has 134 valence electrons. The highest BCUT2D eigenvalue weighted by molar-refractivity contribution is 5.76. The molecule has 1 saturated carbocycles. The number of hydrogen-bond acceptors (Lipinski definition) is 3. The first kappa shape index (κ1) is 18.8. The second-order valence-electron chi connectivity index (χ2n) is 7.14. The summed E-state index contributed by atoms with van der Waals surface area (Å²) in [5.41, 5.74) is 3.02. The topological polar surface area (TPSA) is 66.8 Å². The van der Waals surface area contributed by atoms with Crippen molar-refractivity contribution < 1.29 is 19.7 Å². The lowest BCUT2D eigenvalue weighted by Crippen LogP contribution is -2.27. The van der Waals surface area contributed by atoms with Crippen LogP contribution in [0, 0.1) is 0 Å². The highest BCUT2D eigenvalue weighted by Gasteiger charge is 2.34. The van der Waals surface area contributed by atoms with Crippen LogP contribution in [0.3, 0.4) is 0 Å². The second-order valence-corrected chi connectivity index (χ2v) is 7.14. The first-order valence-electron chi connectivity index (χ1n) is 9.01. The Balaban J connectivity index is 2.58. The fourth-order valence-electron chi connectivity index (χ4n) is 4.03. The molecule has 0 aliphatic heterocycles. The zero-order chi connectivity index (χ0) is 17.7. The molecule has 0 amide bonds. The molecule has 0 heterocycles. The number of methoxy groups -OCH3 is 1. The third-order valence-electron chi connectivity index (χ3n) is 5.50. The summed E-state index contributed by atoms with van der Waals surface area (Å²) in [7, 11) is 1.70. The van der Waals surface area contributed by atoms with Crippen molar-refractivity contribution >= 4 is 5.97 Å². The Morgan fingerprint density at radius 2 is 1.96 bits per heavy atom. The van der Waals surface area contributed by atoms with Gasteiger partial charge < -0.3 is 14.9 Å². The standard InChI is InChI=1S/C20H30O4/c1-4-14-12-15(16(8-11-21)19(22)23)13-17(18(14)24-3)20(2)9-6-5-7-10-20/h12-13,16,21H,4-11H2,1-3H3,(H,22,23). The van der Waals surface area contributed by atoms with E-state index >= 15 is 0 Å². The Kier molecular flexibility index (Phi) is 6.27. The summed E-state index contributed by atoms with van der Waals surface area (Å²) in [6.07, 6.45) is 6.91. The van der Waals surface area contributed by atoms with E-state index in [1.807, 2.05) is 12.1 Å². The molecule has 1 unspecified atom stereocenters. The van der Waals surface area contributed by atoms with Gasteiger partial charge in [0.25, 0.3) is 0 Å². The minimum atomic E-state index is -0.879. The molecule has 0 saturated heterocycles. The van der Waals surface area contributed by atoms with Crippen molar-refractivity contribution in [2.75, 3.05) is 13.7 Å². The van der Waals surface area contributed by atoms with Crippen LogP contribution in [0.2, 0.25) is 0 Å². The molecule has 1 aromatic carbocycles. The van der Waals surface area contributed by atoms with Gasteiger partial charge in [0.2, 0.25) is 0 Å². The van der Waals surface area contributed by atoms with Crippen molar-refractivity contribution in [2.45, 2.75) is 70.1 Å². The zero-order valence-corrected chi connectivity index (χ0v) is 15.1. The fourth-order valence-corrected chi connectivity index (χ4v) is 4.03. The highest BCUT2D eigenvalue weighted by Crippen LogP contribution is 2.45. The maximum absolute atomic E-state index is 11.7. The SMILES string of the molecule is CCc1cc(C(CCO)C(=O)O)cc(C2(C)CCCCC2)c1OC. The number of benzene rings is 1. The summed E-state index contributed by atoms with van der Waals surface area (Å²) in [6.45, 7) is 4.21. The van der Waals surface area contributed by atoms with E-state index in [0.29, 0.717) is 0 Å². The van der Waals surface area contributed by atoms with Crippen LogP contribution in [0.15, 0.2) is 12.1 Å². The Bertz CT molecular complexity index is 573. The van der Waals surface area contributed by atoms with Crippen molar-refractivity contribution in [3.05, 3.63) is 28.8 Å². The van der Waals surface area contributed by atoms with E-state index < -0.39 is 11.9 Å². The van der Waals surface area contributed by atoms with E-state index in [2.05, 4.69) is 13.8 Å². The molecule has 1 aliphatic rings. The zero-order valence-electron chi connectivity index (χ0n) is 15.1. The molecule has 4 nitrogen and oxygen atoms in total. The number of aliphatic carboxylic acids is 1. The first-order valence-corrected chi connectivity index (χ1v) is 9.01. The van der Waals surface area contributed by atoms with E-state index in [4.69, 9.17) is 4.74 Å². The van der Waals surface area contributed by atoms with Gasteiger partial charge >= 0.3 is 5.97 Å². The summed E-state index contributed by atoms with van der Waals surface area (Å²) in [4.78, 5) is 11.7. The molecule has 4 heteroatoms. The molecule has 1 aliphatic carbocycles. The van der Waals surface area contributed by atoms with Crippen molar-refractivity contribution in [1.82, 2.24) is 0 Å². The van der Waals surface area contributed by atoms with Crippen LogP contribution < -0.4 is 4.74 Å². The van der Waals surface area contributed by atoms with E-state index in [0.717, 1.165) is 41.7 Å². The summed E-state index contributed by atoms with van der Waals surface area (Å²) >= 11 is 0. The van der Waals surface area contributed by atoms with Crippen LogP contribution >= 0.6 is 0 Å². The lowest BCUT2D eigenvalue weighted by Gasteiger charge is -2.36. The van der Waals surface area contributed by atoms with E-state index in [1.165, 1.54) is 19.3 Å². The number of ether oxygens (including phenoxy) is 1. The molecule has 1 atom stereocenters. The third kappa shape index (κ3) is 3.75. The Labute approximate surface area is 144 Å². The molecule has 0 aromatic heterocycles. The average Bonchev–Trinajstić information content (AvgIpc) is 2.58. The van der Waals surface area contributed by atoms with Gasteiger partial charge in [0.1, 0.15) is 5.75 Å². The van der Waals surface area contributed by atoms with Crippen molar-refractivity contribution in [2.24, 2.45) is 0 Å². The number of hydrogen-bond donors (Lipinski definition) is 2. The van der Waals surface area contributed by atoms with Crippen LogP contribution in [0.4, 0.5) is 0 Å². The van der Waals surface area contributed by atoms with E-state index in [-0.39, 0.29) is 18.4 Å². The molecule has 1 fully saturated rings. The number of aryl methyl sites for hydroxylation is 1. The Morgan fingerprint density at radius 1 is 1.29 bits per heavy atom. The van der Waals surface area contributed by atoms with Gasteiger partial charge in [-0.1, -0.05) is 45.2 Å². The van der Waals surface area contributed by atoms with E-state index in [9.17, 15) is 15.0 Å². The smallest absolute Gasteiger partial charge is 0.311 e. The van der Waals surface area contributed by atoms with Crippen LogP contribution in [0.1, 0.15) is 75.0 Å². The number of aliphatic hydroxyl groups excluding tert-OH is 1. The van der Waals surface area contributed by atoms with Crippen molar-refractivity contribution in [3.8, 4) is 5.75 Å². The minimum Gasteiger partial charge on any atom is -0.496 e. The van der Waals surface area contributed by atoms with Crippen molar-refractivity contribution in [3.63, 3.8) is 0 Å². The number of carboxylic acids is 1. The predicted octanol–water partition coefficient (Wildman–Crippen LogP) is 4.03. The molecular formula is C20H30O4. The maximum atomic E-state index is 11.7. The van der Waals surface area contributed by atoms with Crippen molar-refractivity contribution in [1.29, 1.82) is 0 Å². The molecule has 24 heavy (non-hydrogen) atoms. The van der Waals surface area contributed by atoms with Gasteiger partial charge in [-0.15, -0.1) is 0 Å². The number of carboxylic acid groups (broad SMARTS) is 1. The molecule has 1 aromatic rings. The van der Waals surface area contributed by atoms with Gasteiger partial charge in [0, 0.05) is 12.2 Å². The van der Waals surface area contributed by atoms with Crippen LogP contribution in [0.5, 0.6) is 5.75 Å². The summed E-state index contributed by atoms with van der Waals surface area (Å²) in [5.74, 6) is -0.632. The largest absolute Gasteiger partial charge is 0.496 e. The van der Waals surface area contributed by atoms with Crippen LogP contribution in [-0.4, -0.2) is 29.9 Å². The van der Waals surface area contributed by atoms with Gasteiger partial charge in [-0.3, -0.25) is 4.79 Å². The number of carbonyl (C=O) groups is 1. The van der Waals surface area contributed by atoms with Crippen LogP contribution in [0.25, 0.3) is 0 Å². The lowest BCUT2D eigenvalue weighted by molar-refractivity contribution is -0.139. The monoisotopic (exact) mass is 334 g/mol. The third-order valence-corrected chi connectivity index (χ3v) is 5.50. The van der Waals surface area contributed by atoms with Gasteiger partial charge in [-0.2, -0.15) is 0 Å². The molecule has 2 N–H and O–H groups in total. The molecule has 0 spiro atoms. The molecule has 0 radical (unpaired) electrons. The number of rotatable bonds is 7. The average molecular weight is 334 g/mol. The van der Waals surface area contributed by atoms with Gasteiger partial charge in [0.15, 0.2) is 0 Å². The van der Waals surface area contributed by atoms with Gasteiger partial charge in [-0.05, 0) is 42.2 Å². The molecular weight excluding hydrogens is 304 g/mol. The fraction of sp³-hybridized carbons (Fsp3) is 0.650. The summed E-state index contributed by atoms with van der Waals surface area (Å²) in [5, 5.41) is 18.8. The highest BCUT2D eigenvalue weighted by atomic mass is 16.5. The predicted molar refractivity (Wildman–Crippen MR) is 94.9 cm³/mol. The van der Waals surface area contributed by atoms with Gasteiger partial charge in [0.05, 0.1) is 13.0 Å².